The Kier molecular flexibility index (Phi) is 6.21. The lowest BCUT2D eigenvalue weighted by Gasteiger charge is -2.26. The number of halogens is 1. The summed E-state index contributed by atoms with van der Waals surface area (Å²) in [4.78, 5) is 0. The van der Waals surface area contributed by atoms with Gasteiger partial charge in [-0.15, -0.1) is 0 Å². The van der Waals surface area contributed by atoms with Crippen LogP contribution in [0.4, 0.5) is 0 Å². The van der Waals surface area contributed by atoms with Gasteiger partial charge in [0.25, 0.3) is 0 Å². The molecule has 0 spiro atoms. The molecular weight excluding hydrogens is 274 g/mol. The summed E-state index contributed by atoms with van der Waals surface area (Å²) < 4.78 is 1.12. The summed E-state index contributed by atoms with van der Waals surface area (Å²) in [5, 5.41) is 0. The minimum absolute atomic E-state index is 0.216. The van der Waals surface area contributed by atoms with Crippen LogP contribution in [0.2, 0.25) is 0 Å². The van der Waals surface area contributed by atoms with Gasteiger partial charge in [0.2, 0.25) is 0 Å². The van der Waals surface area contributed by atoms with Crippen LogP contribution in [0.5, 0.6) is 0 Å². The van der Waals surface area contributed by atoms with Crippen molar-refractivity contribution in [2.24, 2.45) is 5.73 Å². The predicted molar refractivity (Wildman–Crippen MR) is 79.1 cm³/mol. The third-order valence-corrected chi connectivity index (χ3v) is 3.98. The van der Waals surface area contributed by atoms with Crippen LogP contribution in [0.15, 0.2) is 28.7 Å². The summed E-state index contributed by atoms with van der Waals surface area (Å²) in [6.45, 7) is 4.38. The van der Waals surface area contributed by atoms with E-state index in [0.29, 0.717) is 0 Å². The zero-order valence-corrected chi connectivity index (χ0v) is 12.6. The standard InChI is InChI=1S/C15H24BrN/c1-3-4-5-6-9-12-15(2,17)13-10-7-8-11-14(13)16/h7-8,10-11H,3-6,9,12,17H2,1-2H3. The molecule has 2 heteroatoms. The summed E-state index contributed by atoms with van der Waals surface area (Å²) in [6, 6.07) is 8.28. The molecule has 1 aromatic carbocycles. The Labute approximate surface area is 114 Å². The quantitative estimate of drug-likeness (QED) is 0.706. The minimum Gasteiger partial charge on any atom is -0.322 e. The Morgan fingerprint density at radius 2 is 1.76 bits per heavy atom. The lowest BCUT2D eigenvalue weighted by atomic mass is 9.87. The zero-order valence-electron chi connectivity index (χ0n) is 11.0. The zero-order chi connectivity index (χ0) is 12.7. The second-order valence-electron chi connectivity index (χ2n) is 5.06. The van der Waals surface area contributed by atoms with Gasteiger partial charge in [0, 0.05) is 10.0 Å². The molecule has 1 aromatic rings. The van der Waals surface area contributed by atoms with Crippen LogP contribution in [0.25, 0.3) is 0 Å². The highest BCUT2D eigenvalue weighted by atomic mass is 79.9. The van der Waals surface area contributed by atoms with Crippen molar-refractivity contribution in [2.75, 3.05) is 0 Å². The van der Waals surface area contributed by atoms with E-state index in [-0.39, 0.29) is 5.54 Å². The monoisotopic (exact) mass is 297 g/mol. The molecule has 0 amide bonds. The van der Waals surface area contributed by atoms with Gasteiger partial charge >= 0.3 is 0 Å². The van der Waals surface area contributed by atoms with Crippen molar-refractivity contribution >= 4 is 15.9 Å². The molecule has 96 valence electrons. The first-order valence-electron chi connectivity index (χ1n) is 6.62. The molecule has 1 nitrogen and oxygen atoms in total. The maximum atomic E-state index is 6.42. The van der Waals surface area contributed by atoms with Crippen LogP contribution >= 0.6 is 15.9 Å². The summed E-state index contributed by atoms with van der Waals surface area (Å²) in [5.74, 6) is 0. The Balaban J connectivity index is 2.48. The fourth-order valence-corrected chi connectivity index (χ4v) is 2.89. The molecule has 0 saturated heterocycles. The van der Waals surface area contributed by atoms with Crippen molar-refractivity contribution in [3.8, 4) is 0 Å². The number of hydrogen-bond donors (Lipinski definition) is 1. The van der Waals surface area contributed by atoms with Gasteiger partial charge in [0.15, 0.2) is 0 Å². The Morgan fingerprint density at radius 3 is 2.41 bits per heavy atom. The van der Waals surface area contributed by atoms with Gasteiger partial charge in [-0.25, -0.2) is 0 Å². The van der Waals surface area contributed by atoms with E-state index in [0.717, 1.165) is 10.9 Å². The number of unbranched alkanes of at least 4 members (excludes halogenated alkanes) is 4. The van der Waals surface area contributed by atoms with Crippen molar-refractivity contribution in [1.29, 1.82) is 0 Å². The average Bonchev–Trinajstić information content (AvgIpc) is 2.29. The van der Waals surface area contributed by atoms with Crippen LogP contribution in [0.3, 0.4) is 0 Å². The number of rotatable bonds is 7. The van der Waals surface area contributed by atoms with Gasteiger partial charge in [-0.05, 0) is 25.0 Å². The third kappa shape index (κ3) is 4.81. The van der Waals surface area contributed by atoms with E-state index in [4.69, 9.17) is 5.73 Å². The first kappa shape index (κ1) is 14.7. The van der Waals surface area contributed by atoms with E-state index < -0.39 is 0 Å². The lowest BCUT2D eigenvalue weighted by Crippen LogP contribution is -2.33. The molecule has 1 rings (SSSR count). The fraction of sp³-hybridized carbons (Fsp3) is 0.600. The molecule has 0 fully saturated rings. The van der Waals surface area contributed by atoms with Gasteiger partial charge in [0.1, 0.15) is 0 Å². The molecule has 0 saturated carbocycles. The number of nitrogens with two attached hydrogens (primary N) is 1. The normalized spacial score (nSPS) is 14.6. The molecule has 1 unspecified atom stereocenters. The van der Waals surface area contributed by atoms with Crippen molar-refractivity contribution in [2.45, 2.75) is 57.9 Å². The molecule has 0 aromatic heterocycles. The summed E-state index contributed by atoms with van der Waals surface area (Å²) in [5.41, 5.74) is 7.43. The first-order chi connectivity index (χ1) is 8.08. The van der Waals surface area contributed by atoms with E-state index >= 15 is 0 Å². The number of hydrogen-bond acceptors (Lipinski definition) is 1. The SMILES string of the molecule is CCCCCCCC(C)(N)c1ccccc1Br. The van der Waals surface area contributed by atoms with E-state index in [9.17, 15) is 0 Å². The largest absolute Gasteiger partial charge is 0.322 e. The molecule has 2 N–H and O–H groups in total. The molecule has 0 bridgehead atoms. The van der Waals surface area contributed by atoms with Crippen LogP contribution in [-0.2, 0) is 5.54 Å². The van der Waals surface area contributed by atoms with E-state index in [1.807, 2.05) is 6.07 Å². The predicted octanol–water partition coefficient (Wildman–Crippen LogP) is 4.98. The van der Waals surface area contributed by atoms with Gasteiger partial charge in [-0.1, -0.05) is 73.2 Å². The van der Waals surface area contributed by atoms with E-state index in [1.54, 1.807) is 0 Å². The van der Waals surface area contributed by atoms with Gasteiger partial charge in [-0.3, -0.25) is 0 Å². The third-order valence-electron chi connectivity index (χ3n) is 3.29. The second-order valence-corrected chi connectivity index (χ2v) is 5.92. The maximum Gasteiger partial charge on any atom is 0.0392 e. The van der Waals surface area contributed by atoms with Gasteiger partial charge < -0.3 is 5.73 Å². The topological polar surface area (TPSA) is 26.0 Å². The highest BCUT2D eigenvalue weighted by Crippen LogP contribution is 2.30. The Morgan fingerprint density at radius 1 is 1.12 bits per heavy atom. The molecular formula is C15H24BrN. The van der Waals surface area contributed by atoms with Crippen LogP contribution < -0.4 is 5.73 Å². The van der Waals surface area contributed by atoms with Gasteiger partial charge in [-0.2, -0.15) is 0 Å². The summed E-state index contributed by atoms with van der Waals surface area (Å²) in [6.07, 6.45) is 7.54. The highest BCUT2D eigenvalue weighted by Gasteiger charge is 2.22. The molecule has 0 aliphatic heterocycles. The van der Waals surface area contributed by atoms with Gasteiger partial charge in [0.05, 0.1) is 0 Å². The summed E-state index contributed by atoms with van der Waals surface area (Å²) in [7, 11) is 0. The Bertz CT molecular complexity index is 333. The first-order valence-corrected chi connectivity index (χ1v) is 7.41. The van der Waals surface area contributed by atoms with Crippen molar-refractivity contribution < 1.29 is 0 Å². The molecule has 0 heterocycles. The Hall–Kier alpha value is -0.340. The lowest BCUT2D eigenvalue weighted by molar-refractivity contribution is 0.420. The molecule has 0 aliphatic carbocycles. The molecule has 17 heavy (non-hydrogen) atoms. The summed E-state index contributed by atoms with van der Waals surface area (Å²) >= 11 is 3.59. The van der Waals surface area contributed by atoms with Crippen molar-refractivity contribution in [1.82, 2.24) is 0 Å². The fourth-order valence-electron chi connectivity index (χ4n) is 2.15. The van der Waals surface area contributed by atoms with Crippen molar-refractivity contribution in [3.63, 3.8) is 0 Å². The maximum absolute atomic E-state index is 6.42. The highest BCUT2D eigenvalue weighted by molar-refractivity contribution is 9.10. The average molecular weight is 298 g/mol. The molecule has 0 aliphatic rings. The van der Waals surface area contributed by atoms with E-state index in [1.165, 1.54) is 37.7 Å². The second kappa shape index (κ2) is 7.17. The molecule has 0 radical (unpaired) electrons. The van der Waals surface area contributed by atoms with Crippen molar-refractivity contribution in [3.05, 3.63) is 34.3 Å². The minimum atomic E-state index is -0.216. The molecule has 1 atom stereocenters. The van der Waals surface area contributed by atoms with Crippen LogP contribution in [-0.4, -0.2) is 0 Å². The van der Waals surface area contributed by atoms with Crippen LogP contribution in [0, 0.1) is 0 Å². The van der Waals surface area contributed by atoms with Crippen LogP contribution in [0.1, 0.15) is 57.9 Å². The van der Waals surface area contributed by atoms with E-state index in [2.05, 4.69) is 48.0 Å². The number of benzene rings is 1. The smallest absolute Gasteiger partial charge is 0.0392 e.